The van der Waals surface area contributed by atoms with E-state index in [2.05, 4.69) is 10.6 Å². The number of rotatable bonds is 5. The molecule has 2 N–H and O–H groups in total. The summed E-state index contributed by atoms with van der Waals surface area (Å²) in [5, 5.41) is 5.14. The molecule has 2 aromatic rings. The second-order valence-electron chi connectivity index (χ2n) is 6.48. The molecule has 3 rings (SSSR count). The highest BCUT2D eigenvalue weighted by molar-refractivity contribution is 7.99. The van der Waals surface area contributed by atoms with Crippen LogP contribution in [0.25, 0.3) is 0 Å². The first kappa shape index (κ1) is 20.1. The van der Waals surface area contributed by atoms with E-state index in [1.54, 1.807) is 30.8 Å². The van der Waals surface area contributed by atoms with Crippen molar-refractivity contribution in [1.29, 1.82) is 0 Å². The van der Waals surface area contributed by atoms with E-state index in [1.807, 2.05) is 0 Å². The number of hydrogen-bond donors (Lipinski definition) is 2. The average molecular weight is 406 g/mol. The van der Waals surface area contributed by atoms with Crippen LogP contribution < -0.4 is 15.4 Å². The molecular weight excluding hydrogens is 386 g/mol. The molecule has 0 spiro atoms. The molecule has 8 heteroatoms. The molecule has 0 radical (unpaired) electrons. The van der Waals surface area contributed by atoms with Crippen molar-refractivity contribution >= 4 is 29.3 Å². The van der Waals surface area contributed by atoms with Crippen molar-refractivity contribution < 1.29 is 23.1 Å². The van der Waals surface area contributed by atoms with Crippen LogP contribution in [0.2, 0.25) is 0 Å². The smallest absolute Gasteiger partial charge is 0.255 e. The number of hydrogen-bond acceptors (Lipinski definition) is 4. The number of nitrogens with one attached hydrogen (secondary N) is 2. The molecule has 1 saturated heterocycles. The summed E-state index contributed by atoms with van der Waals surface area (Å²) in [6.45, 7) is 1.78. The summed E-state index contributed by atoms with van der Waals surface area (Å²) in [4.78, 5) is 24.8. The van der Waals surface area contributed by atoms with Crippen LogP contribution in [0.15, 0.2) is 30.3 Å². The summed E-state index contributed by atoms with van der Waals surface area (Å²) < 4.78 is 33.4. The Kier molecular flexibility index (Phi) is 6.18. The molecule has 0 bridgehead atoms. The van der Waals surface area contributed by atoms with Gasteiger partial charge >= 0.3 is 0 Å². The number of amides is 2. The van der Waals surface area contributed by atoms with Crippen molar-refractivity contribution in [2.45, 2.75) is 19.4 Å². The number of thioether (sulfide) groups is 1. The number of ether oxygens (including phenoxy) is 1. The van der Waals surface area contributed by atoms with E-state index in [1.165, 1.54) is 13.2 Å². The lowest BCUT2D eigenvalue weighted by molar-refractivity contribution is 0.0935. The van der Waals surface area contributed by atoms with Gasteiger partial charge in [0.05, 0.1) is 18.4 Å². The fourth-order valence-corrected chi connectivity index (χ4v) is 4.10. The molecule has 0 saturated carbocycles. The maximum Gasteiger partial charge on any atom is 0.255 e. The van der Waals surface area contributed by atoms with Crippen LogP contribution in [0.4, 0.5) is 14.5 Å². The lowest BCUT2D eigenvalue weighted by Gasteiger charge is -2.14. The van der Waals surface area contributed by atoms with Crippen molar-refractivity contribution in [3.8, 4) is 5.75 Å². The van der Waals surface area contributed by atoms with Crippen LogP contribution in [0.1, 0.15) is 32.7 Å². The van der Waals surface area contributed by atoms with Crippen LogP contribution in [-0.4, -0.2) is 36.5 Å². The second-order valence-corrected chi connectivity index (χ2v) is 7.63. The van der Waals surface area contributed by atoms with Gasteiger partial charge in [0, 0.05) is 23.4 Å². The van der Waals surface area contributed by atoms with Crippen LogP contribution in [-0.2, 0) is 0 Å². The highest BCUT2D eigenvalue weighted by Crippen LogP contribution is 2.23. The molecule has 0 aromatic heterocycles. The van der Waals surface area contributed by atoms with E-state index in [0.29, 0.717) is 11.8 Å². The summed E-state index contributed by atoms with van der Waals surface area (Å²) in [5.74, 6) is -0.818. The summed E-state index contributed by atoms with van der Waals surface area (Å²) in [7, 11) is 1.52. The summed E-state index contributed by atoms with van der Waals surface area (Å²) in [5.41, 5.74) is 0.463. The molecule has 5 nitrogen and oxygen atoms in total. The van der Waals surface area contributed by atoms with Crippen LogP contribution in [0, 0.1) is 18.6 Å². The standard InChI is InChI=1S/C20H20F2N2O3S/c1-11-7-12(3-4-18(11)27-2)19(25)24-17-8-14(15(21)9-16(17)22)20(26)23-13-5-6-28-10-13/h3-4,7-9,13H,5-6,10H2,1-2H3,(H,23,26)(H,24,25). The Balaban J connectivity index is 1.80. The molecule has 1 aliphatic heterocycles. The third-order valence-corrected chi connectivity index (χ3v) is 5.63. The average Bonchev–Trinajstić information content (AvgIpc) is 3.16. The minimum absolute atomic E-state index is 0.0396. The first-order chi connectivity index (χ1) is 13.4. The summed E-state index contributed by atoms with van der Waals surface area (Å²) >= 11 is 1.70. The van der Waals surface area contributed by atoms with E-state index in [-0.39, 0.29) is 22.9 Å². The van der Waals surface area contributed by atoms with Gasteiger partial charge in [-0.2, -0.15) is 11.8 Å². The Bertz CT molecular complexity index is 915. The fourth-order valence-electron chi connectivity index (χ4n) is 2.94. The SMILES string of the molecule is COc1ccc(C(=O)Nc2cc(C(=O)NC3CCSC3)c(F)cc2F)cc1C. The monoisotopic (exact) mass is 406 g/mol. The first-order valence-electron chi connectivity index (χ1n) is 8.72. The largest absolute Gasteiger partial charge is 0.496 e. The zero-order chi connectivity index (χ0) is 20.3. The number of halogens is 2. The highest BCUT2D eigenvalue weighted by atomic mass is 32.2. The minimum Gasteiger partial charge on any atom is -0.496 e. The maximum absolute atomic E-state index is 14.2. The van der Waals surface area contributed by atoms with E-state index < -0.39 is 23.4 Å². The summed E-state index contributed by atoms with van der Waals surface area (Å²) in [6.07, 6.45) is 0.805. The molecule has 28 heavy (non-hydrogen) atoms. The van der Waals surface area contributed by atoms with Crippen molar-refractivity contribution in [3.63, 3.8) is 0 Å². The van der Waals surface area contributed by atoms with Crippen LogP contribution in [0.5, 0.6) is 5.75 Å². The van der Waals surface area contributed by atoms with Gasteiger partial charge in [-0.1, -0.05) is 0 Å². The predicted octanol–water partition coefficient (Wildman–Crippen LogP) is 3.77. The Morgan fingerprint density at radius 1 is 1.14 bits per heavy atom. The summed E-state index contributed by atoms with van der Waals surface area (Å²) in [6, 6.07) is 6.35. The van der Waals surface area contributed by atoms with Crippen LogP contribution >= 0.6 is 11.8 Å². The lowest BCUT2D eigenvalue weighted by Crippen LogP contribution is -2.35. The Morgan fingerprint density at radius 3 is 2.57 bits per heavy atom. The van der Waals surface area contributed by atoms with E-state index >= 15 is 0 Å². The fraction of sp³-hybridized carbons (Fsp3) is 0.300. The van der Waals surface area contributed by atoms with Gasteiger partial charge in [0.25, 0.3) is 11.8 Å². The molecule has 1 unspecified atom stereocenters. The lowest BCUT2D eigenvalue weighted by atomic mass is 10.1. The third-order valence-electron chi connectivity index (χ3n) is 4.47. The van der Waals surface area contributed by atoms with E-state index in [9.17, 15) is 18.4 Å². The Morgan fingerprint density at radius 2 is 1.93 bits per heavy atom. The zero-order valence-electron chi connectivity index (χ0n) is 15.5. The Hall–Kier alpha value is -2.61. The quantitative estimate of drug-likeness (QED) is 0.793. The molecule has 1 heterocycles. The van der Waals surface area contributed by atoms with Gasteiger partial charge in [-0.3, -0.25) is 9.59 Å². The molecule has 148 valence electrons. The molecule has 2 aromatic carbocycles. The van der Waals surface area contributed by atoms with E-state index in [4.69, 9.17) is 4.74 Å². The van der Waals surface area contributed by atoms with Crippen molar-refractivity contribution in [1.82, 2.24) is 5.32 Å². The van der Waals surface area contributed by atoms with Crippen molar-refractivity contribution in [2.75, 3.05) is 23.9 Å². The molecule has 0 aliphatic carbocycles. The maximum atomic E-state index is 14.2. The first-order valence-corrected chi connectivity index (χ1v) is 9.88. The predicted molar refractivity (Wildman–Crippen MR) is 105 cm³/mol. The number of methoxy groups -OCH3 is 1. The van der Waals surface area contributed by atoms with Gasteiger partial charge in [0.1, 0.15) is 17.4 Å². The zero-order valence-corrected chi connectivity index (χ0v) is 16.3. The molecule has 1 atom stereocenters. The minimum atomic E-state index is -0.973. The Labute approximate surface area is 165 Å². The van der Waals surface area contributed by atoms with Gasteiger partial charge in [0.2, 0.25) is 0 Å². The molecule has 1 aliphatic rings. The van der Waals surface area contributed by atoms with E-state index in [0.717, 1.165) is 29.6 Å². The highest BCUT2D eigenvalue weighted by Gasteiger charge is 2.22. The molecule has 1 fully saturated rings. The topological polar surface area (TPSA) is 67.4 Å². The normalized spacial score (nSPS) is 15.9. The van der Waals surface area contributed by atoms with Crippen molar-refractivity contribution in [3.05, 3.63) is 58.7 Å². The number of carbonyl (C=O) groups excluding carboxylic acids is 2. The molecular formula is C20H20F2N2O3S. The second kappa shape index (κ2) is 8.60. The number of benzene rings is 2. The van der Waals surface area contributed by atoms with Gasteiger partial charge in [0.15, 0.2) is 0 Å². The number of carbonyl (C=O) groups is 2. The number of aryl methyl sites for hydroxylation is 1. The van der Waals surface area contributed by atoms with Gasteiger partial charge in [-0.25, -0.2) is 8.78 Å². The number of anilines is 1. The van der Waals surface area contributed by atoms with Gasteiger partial charge in [-0.15, -0.1) is 0 Å². The molecule has 2 amide bonds. The van der Waals surface area contributed by atoms with Crippen molar-refractivity contribution in [2.24, 2.45) is 0 Å². The van der Waals surface area contributed by atoms with Crippen LogP contribution in [0.3, 0.4) is 0 Å². The third kappa shape index (κ3) is 4.44. The van der Waals surface area contributed by atoms with Gasteiger partial charge < -0.3 is 15.4 Å². The van der Waals surface area contributed by atoms with Gasteiger partial charge in [-0.05, 0) is 48.9 Å².